The van der Waals surface area contributed by atoms with Gasteiger partial charge in [0, 0.05) is 6.54 Å². The Hall–Kier alpha value is -1.35. The lowest BCUT2D eigenvalue weighted by Gasteiger charge is -2.15. The molecule has 0 heterocycles. The molecule has 82 valence electrons. The highest BCUT2D eigenvalue weighted by molar-refractivity contribution is 5.83. The fourth-order valence-electron chi connectivity index (χ4n) is 1.44. The minimum absolute atomic E-state index is 0.0329. The van der Waals surface area contributed by atoms with Crippen molar-refractivity contribution in [1.29, 1.82) is 0 Å². The zero-order chi connectivity index (χ0) is 11.1. The molecule has 0 saturated heterocycles. The first kappa shape index (κ1) is 11.7. The van der Waals surface area contributed by atoms with Crippen molar-refractivity contribution in [3.63, 3.8) is 0 Å². The van der Waals surface area contributed by atoms with Crippen LogP contribution in [0.2, 0.25) is 0 Å². The van der Waals surface area contributed by atoms with Crippen molar-refractivity contribution in [3.05, 3.63) is 35.9 Å². The first-order valence-corrected chi connectivity index (χ1v) is 5.29. The van der Waals surface area contributed by atoms with E-state index in [1.807, 2.05) is 37.3 Å². The van der Waals surface area contributed by atoms with E-state index >= 15 is 0 Å². The van der Waals surface area contributed by atoms with Gasteiger partial charge in [0.1, 0.15) is 6.04 Å². The summed E-state index contributed by atoms with van der Waals surface area (Å²) in [6, 6.07) is 9.47. The van der Waals surface area contributed by atoms with Crippen LogP contribution in [-0.4, -0.2) is 19.5 Å². The van der Waals surface area contributed by atoms with Gasteiger partial charge in [-0.05, 0) is 19.0 Å². The first-order valence-electron chi connectivity index (χ1n) is 5.29. The molecule has 1 aromatic rings. The van der Waals surface area contributed by atoms with Crippen LogP contribution < -0.4 is 10.6 Å². The molecule has 0 fully saturated rings. The largest absolute Gasteiger partial charge is 0.354 e. The molecule has 0 saturated carbocycles. The fraction of sp³-hybridized carbons (Fsp3) is 0.417. The van der Waals surface area contributed by atoms with Crippen LogP contribution in [0.1, 0.15) is 24.9 Å². The first-order chi connectivity index (χ1) is 7.29. The Bertz CT molecular complexity index is 298. The molecule has 0 bridgehead atoms. The molecule has 1 unspecified atom stereocenters. The molecule has 1 atom stereocenters. The number of nitrogens with one attached hydrogen (secondary N) is 2. The van der Waals surface area contributed by atoms with E-state index in [1.54, 1.807) is 7.05 Å². The van der Waals surface area contributed by atoms with Gasteiger partial charge >= 0.3 is 0 Å². The van der Waals surface area contributed by atoms with Crippen LogP contribution in [0.5, 0.6) is 0 Å². The van der Waals surface area contributed by atoms with Crippen molar-refractivity contribution < 1.29 is 4.79 Å². The van der Waals surface area contributed by atoms with Gasteiger partial charge in [-0.1, -0.05) is 37.3 Å². The van der Waals surface area contributed by atoms with Gasteiger partial charge in [-0.25, -0.2) is 0 Å². The monoisotopic (exact) mass is 206 g/mol. The maximum Gasteiger partial charge on any atom is 0.241 e. The van der Waals surface area contributed by atoms with E-state index in [1.165, 1.54) is 0 Å². The van der Waals surface area contributed by atoms with E-state index in [9.17, 15) is 4.79 Å². The highest BCUT2D eigenvalue weighted by atomic mass is 16.2. The summed E-state index contributed by atoms with van der Waals surface area (Å²) < 4.78 is 0. The van der Waals surface area contributed by atoms with E-state index in [0.717, 1.165) is 18.5 Å². The summed E-state index contributed by atoms with van der Waals surface area (Å²) >= 11 is 0. The van der Waals surface area contributed by atoms with Crippen molar-refractivity contribution >= 4 is 5.91 Å². The summed E-state index contributed by atoms with van der Waals surface area (Å²) in [6.07, 6.45) is 0.955. The van der Waals surface area contributed by atoms with Gasteiger partial charge in [0.05, 0.1) is 0 Å². The van der Waals surface area contributed by atoms with Crippen LogP contribution in [-0.2, 0) is 4.79 Å². The zero-order valence-corrected chi connectivity index (χ0v) is 9.29. The van der Waals surface area contributed by atoms with Crippen LogP contribution >= 0.6 is 0 Å². The lowest BCUT2D eigenvalue weighted by atomic mass is 10.1. The van der Waals surface area contributed by atoms with Gasteiger partial charge in [0.25, 0.3) is 0 Å². The van der Waals surface area contributed by atoms with Gasteiger partial charge in [0.2, 0.25) is 5.91 Å². The van der Waals surface area contributed by atoms with E-state index in [2.05, 4.69) is 10.6 Å². The molecule has 0 aliphatic heterocycles. The van der Waals surface area contributed by atoms with Crippen molar-refractivity contribution in [2.75, 3.05) is 13.6 Å². The SMILES string of the molecule is CCCNC(=O)C(NC)c1ccccc1. The van der Waals surface area contributed by atoms with E-state index < -0.39 is 0 Å². The summed E-state index contributed by atoms with van der Waals surface area (Å²) in [5, 5.41) is 5.90. The van der Waals surface area contributed by atoms with Crippen LogP contribution in [0.3, 0.4) is 0 Å². The average Bonchev–Trinajstić information content (AvgIpc) is 2.29. The van der Waals surface area contributed by atoms with Crippen molar-refractivity contribution in [1.82, 2.24) is 10.6 Å². The highest BCUT2D eigenvalue weighted by Crippen LogP contribution is 2.11. The summed E-state index contributed by atoms with van der Waals surface area (Å²) in [4.78, 5) is 11.8. The molecule has 0 aliphatic carbocycles. The molecular weight excluding hydrogens is 188 g/mol. The lowest BCUT2D eigenvalue weighted by molar-refractivity contribution is -0.123. The van der Waals surface area contributed by atoms with Crippen LogP contribution in [0.15, 0.2) is 30.3 Å². The number of hydrogen-bond acceptors (Lipinski definition) is 2. The minimum Gasteiger partial charge on any atom is -0.354 e. The van der Waals surface area contributed by atoms with Gasteiger partial charge in [-0.2, -0.15) is 0 Å². The molecule has 1 amide bonds. The number of benzene rings is 1. The number of likely N-dealkylation sites (N-methyl/N-ethyl adjacent to an activating group) is 1. The van der Waals surface area contributed by atoms with Gasteiger partial charge in [-0.15, -0.1) is 0 Å². The smallest absolute Gasteiger partial charge is 0.241 e. The van der Waals surface area contributed by atoms with Gasteiger partial charge in [-0.3, -0.25) is 4.79 Å². The number of amides is 1. The molecule has 2 N–H and O–H groups in total. The van der Waals surface area contributed by atoms with Gasteiger partial charge < -0.3 is 10.6 Å². The number of rotatable bonds is 5. The van der Waals surface area contributed by atoms with Crippen molar-refractivity contribution in [2.45, 2.75) is 19.4 Å². The second-order valence-electron chi connectivity index (χ2n) is 3.42. The Kier molecular flexibility index (Phi) is 4.84. The predicted molar refractivity (Wildman–Crippen MR) is 61.5 cm³/mol. The predicted octanol–water partition coefficient (Wildman–Crippen LogP) is 1.47. The van der Waals surface area contributed by atoms with Crippen molar-refractivity contribution in [3.8, 4) is 0 Å². The molecule has 3 nitrogen and oxygen atoms in total. The number of carbonyl (C=O) groups excluding carboxylic acids is 1. The zero-order valence-electron chi connectivity index (χ0n) is 9.29. The topological polar surface area (TPSA) is 41.1 Å². The van der Waals surface area contributed by atoms with Crippen LogP contribution in [0.25, 0.3) is 0 Å². The third-order valence-corrected chi connectivity index (χ3v) is 2.23. The Morgan fingerprint density at radius 2 is 2.00 bits per heavy atom. The van der Waals surface area contributed by atoms with Crippen molar-refractivity contribution in [2.24, 2.45) is 0 Å². The quantitative estimate of drug-likeness (QED) is 0.766. The highest BCUT2D eigenvalue weighted by Gasteiger charge is 2.16. The molecule has 0 aromatic heterocycles. The maximum absolute atomic E-state index is 11.8. The lowest BCUT2D eigenvalue weighted by Crippen LogP contribution is -2.36. The molecule has 0 radical (unpaired) electrons. The minimum atomic E-state index is -0.252. The van der Waals surface area contributed by atoms with Gasteiger partial charge in [0.15, 0.2) is 0 Å². The Morgan fingerprint density at radius 1 is 1.33 bits per heavy atom. The van der Waals surface area contributed by atoms with Crippen LogP contribution in [0, 0.1) is 0 Å². The summed E-state index contributed by atoms with van der Waals surface area (Å²) in [7, 11) is 1.79. The summed E-state index contributed by atoms with van der Waals surface area (Å²) in [5.41, 5.74) is 0.994. The Labute approximate surface area is 90.9 Å². The van der Waals surface area contributed by atoms with Crippen LogP contribution in [0.4, 0.5) is 0 Å². The Balaban J connectivity index is 2.67. The molecule has 1 aromatic carbocycles. The summed E-state index contributed by atoms with van der Waals surface area (Å²) in [5.74, 6) is 0.0329. The average molecular weight is 206 g/mol. The number of carbonyl (C=O) groups is 1. The molecular formula is C12H18N2O. The third-order valence-electron chi connectivity index (χ3n) is 2.23. The second kappa shape index (κ2) is 6.19. The molecule has 1 rings (SSSR count). The fourth-order valence-corrected chi connectivity index (χ4v) is 1.44. The maximum atomic E-state index is 11.8. The summed E-state index contributed by atoms with van der Waals surface area (Å²) in [6.45, 7) is 2.76. The Morgan fingerprint density at radius 3 is 2.53 bits per heavy atom. The normalized spacial score (nSPS) is 12.1. The van der Waals surface area contributed by atoms with E-state index in [0.29, 0.717) is 0 Å². The standard InChI is InChI=1S/C12H18N2O/c1-3-9-14-12(15)11(13-2)10-7-5-4-6-8-10/h4-8,11,13H,3,9H2,1-2H3,(H,14,15). The second-order valence-corrected chi connectivity index (χ2v) is 3.42. The number of hydrogen-bond donors (Lipinski definition) is 2. The van der Waals surface area contributed by atoms with E-state index in [-0.39, 0.29) is 11.9 Å². The molecule has 3 heteroatoms. The third kappa shape index (κ3) is 3.36. The van der Waals surface area contributed by atoms with E-state index in [4.69, 9.17) is 0 Å². The molecule has 15 heavy (non-hydrogen) atoms. The molecule has 0 aliphatic rings. The molecule has 0 spiro atoms.